The second-order valence-corrected chi connectivity index (χ2v) is 6.11. The van der Waals surface area contributed by atoms with E-state index in [2.05, 4.69) is 10.5 Å². The number of para-hydroxylation sites is 1. The van der Waals surface area contributed by atoms with E-state index in [9.17, 15) is 4.79 Å². The molecule has 124 valence electrons. The first-order valence-corrected chi connectivity index (χ1v) is 8.74. The number of nitrogens with zero attached hydrogens (tertiary/aromatic N) is 1. The molecule has 0 aliphatic carbocycles. The van der Waals surface area contributed by atoms with E-state index in [1.807, 2.05) is 54.8 Å². The molecule has 0 saturated heterocycles. The van der Waals surface area contributed by atoms with E-state index in [4.69, 9.17) is 9.57 Å². The Kier molecular flexibility index (Phi) is 5.05. The molecule has 0 unspecified atom stereocenters. The fourth-order valence-corrected chi connectivity index (χ4v) is 3.01. The van der Waals surface area contributed by atoms with Crippen LogP contribution in [-0.2, 0) is 9.63 Å². The van der Waals surface area contributed by atoms with Crippen molar-refractivity contribution in [2.24, 2.45) is 5.16 Å². The molecule has 0 aromatic heterocycles. The maximum atomic E-state index is 12.4. The first-order chi connectivity index (χ1) is 11.7. The van der Waals surface area contributed by atoms with Gasteiger partial charge in [-0.1, -0.05) is 29.4 Å². The molecule has 1 atom stereocenters. The summed E-state index contributed by atoms with van der Waals surface area (Å²) in [4.78, 5) is 18.8. The molecule has 1 heterocycles. The number of hydrogen-bond donors (Lipinski definition) is 1. The summed E-state index contributed by atoms with van der Waals surface area (Å²) >= 11 is 1.58. The average molecular weight is 342 g/mol. The Morgan fingerprint density at radius 1 is 1.29 bits per heavy atom. The van der Waals surface area contributed by atoms with Gasteiger partial charge in [-0.15, -0.1) is 11.8 Å². The molecule has 3 rings (SSSR count). The highest BCUT2D eigenvalue weighted by Gasteiger charge is 2.29. The minimum Gasteiger partial charge on any atom is -0.497 e. The molecule has 2 aromatic rings. The number of carbonyl (C=O) groups is 1. The summed E-state index contributed by atoms with van der Waals surface area (Å²) in [5, 5.41) is 6.98. The van der Waals surface area contributed by atoms with Gasteiger partial charge in [0.15, 0.2) is 0 Å². The number of thioether (sulfide) groups is 1. The van der Waals surface area contributed by atoms with Gasteiger partial charge in [-0.25, -0.2) is 0 Å². The van der Waals surface area contributed by atoms with Gasteiger partial charge in [0, 0.05) is 16.9 Å². The molecule has 1 amide bonds. The van der Waals surface area contributed by atoms with Crippen LogP contribution >= 0.6 is 11.8 Å². The number of carbonyl (C=O) groups excluding carboxylic acids is 1. The lowest BCUT2D eigenvalue weighted by atomic mass is 10.0. The fraction of sp³-hybridized carbons (Fsp3) is 0.222. The van der Waals surface area contributed by atoms with Crippen LogP contribution in [0.4, 0.5) is 5.69 Å². The summed E-state index contributed by atoms with van der Waals surface area (Å²) in [6.07, 6.45) is 1.78. The standard InChI is InChI=1S/C18H18N2O3S/c1-22-13-7-5-6-12(10-13)15-11-16(23-20-15)18(21)19-14-8-3-4-9-17(14)24-2/h3-10,16H,11H2,1-2H3,(H,19,21)/t16-/m1/s1. The molecule has 1 aliphatic heterocycles. The van der Waals surface area contributed by atoms with Crippen molar-refractivity contribution in [3.05, 3.63) is 54.1 Å². The van der Waals surface area contributed by atoms with Gasteiger partial charge in [-0.05, 0) is 30.5 Å². The topological polar surface area (TPSA) is 59.9 Å². The van der Waals surface area contributed by atoms with Gasteiger partial charge in [-0.2, -0.15) is 0 Å². The Labute approximate surface area is 145 Å². The maximum absolute atomic E-state index is 12.4. The number of methoxy groups -OCH3 is 1. The van der Waals surface area contributed by atoms with Crippen molar-refractivity contribution in [3.63, 3.8) is 0 Å². The third-order valence-electron chi connectivity index (χ3n) is 3.73. The Balaban J connectivity index is 1.67. The third-order valence-corrected chi connectivity index (χ3v) is 4.52. The molecule has 1 aliphatic rings. The second kappa shape index (κ2) is 7.40. The van der Waals surface area contributed by atoms with Crippen molar-refractivity contribution in [2.75, 3.05) is 18.7 Å². The molecular weight excluding hydrogens is 324 g/mol. The Hall–Kier alpha value is -2.47. The number of rotatable bonds is 5. The predicted octanol–water partition coefficient (Wildman–Crippen LogP) is 3.55. The molecule has 24 heavy (non-hydrogen) atoms. The lowest BCUT2D eigenvalue weighted by Crippen LogP contribution is -2.28. The van der Waals surface area contributed by atoms with Crippen LogP contribution in [0.2, 0.25) is 0 Å². The van der Waals surface area contributed by atoms with Gasteiger partial charge in [-0.3, -0.25) is 4.79 Å². The monoisotopic (exact) mass is 342 g/mol. The zero-order chi connectivity index (χ0) is 16.9. The van der Waals surface area contributed by atoms with Crippen LogP contribution in [-0.4, -0.2) is 31.1 Å². The van der Waals surface area contributed by atoms with E-state index in [1.54, 1.807) is 18.9 Å². The van der Waals surface area contributed by atoms with Crippen LogP contribution in [0.15, 0.2) is 58.6 Å². The number of amides is 1. The first kappa shape index (κ1) is 16.4. The molecule has 5 nitrogen and oxygen atoms in total. The highest BCUT2D eigenvalue weighted by atomic mass is 32.2. The summed E-state index contributed by atoms with van der Waals surface area (Å²) < 4.78 is 5.22. The number of oxime groups is 1. The zero-order valence-electron chi connectivity index (χ0n) is 13.5. The molecule has 6 heteroatoms. The van der Waals surface area contributed by atoms with Crippen molar-refractivity contribution < 1.29 is 14.4 Å². The smallest absolute Gasteiger partial charge is 0.268 e. The lowest BCUT2D eigenvalue weighted by Gasteiger charge is -2.12. The molecular formula is C18H18N2O3S. The number of anilines is 1. The van der Waals surface area contributed by atoms with Crippen LogP contribution in [0.5, 0.6) is 5.75 Å². The minimum atomic E-state index is -0.624. The van der Waals surface area contributed by atoms with E-state index in [0.717, 1.165) is 27.6 Å². The molecule has 0 radical (unpaired) electrons. The summed E-state index contributed by atoms with van der Waals surface area (Å²) in [6, 6.07) is 15.2. The average Bonchev–Trinajstić information content (AvgIpc) is 3.12. The van der Waals surface area contributed by atoms with Crippen LogP contribution < -0.4 is 10.1 Å². The van der Waals surface area contributed by atoms with Gasteiger partial charge < -0.3 is 14.9 Å². The molecule has 0 bridgehead atoms. The number of ether oxygens (including phenoxy) is 1. The number of hydrogen-bond acceptors (Lipinski definition) is 5. The van der Waals surface area contributed by atoms with Gasteiger partial charge in [0.25, 0.3) is 5.91 Å². The largest absolute Gasteiger partial charge is 0.497 e. The van der Waals surface area contributed by atoms with Crippen molar-refractivity contribution in [1.29, 1.82) is 0 Å². The fourth-order valence-electron chi connectivity index (χ4n) is 2.45. The van der Waals surface area contributed by atoms with E-state index >= 15 is 0 Å². The summed E-state index contributed by atoms with van der Waals surface area (Å²) in [6.45, 7) is 0. The van der Waals surface area contributed by atoms with Gasteiger partial charge in [0.1, 0.15) is 5.75 Å². The van der Waals surface area contributed by atoms with E-state index in [1.165, 1.54) is 0 Å². The maximum Gasteiger partial charge on any atom is 0.268 e. The van der Waals surface area contributed by atoms with Crippen LogP contribution in [0.25, 0.3) is 0 Å². The Bertz CT molecular complexity index is 776. The minimum absolute atomic E-state index is 0.196. The third kappa shape index (κ3) is 3.54. The summed E-state index contributed by atoms with van der Waals surface area (Å²) in [5.41, 5.74) is 2.43. The van der Waals surface area contributed by atoms with E-state index in [0.29, 0.717) is 6.42 Å². The van der Waals surface area contributed by atoms with E-state index < -0.39 is 6.10 Å². The SMILES string of the molecule is COc1cccc(C2=NO[C@@H](C(=O)Nc3ccccc3SC)C2)c1. The van der Waals surface area contributed by atoms with E-state index in [-0.39, 0.29) is 5.91 Å². The molecule has 0 saturated carbocycles. The van der Waals surface area contributed by atoms with Crippen molar-refractivity contribution in [1.82, 2.24) is 0 Å². The summed E-state index contributed by atoms with van der Waals surface area (Å²) in [5.74, 6) is 0.551. The van der Waals surface area contributed by atoms with Crippen LogP contribution in [0.3, 0.4) is 0 Å². The molecule has 0 spiro atoms. The van der Waals surface area contributed by atoms with Crippen LogP contribution in [0, 0.1) is 0 Å². The van der Waals surface area contributed by atoms with Gasteiger partial charge >= 0.3 is 0 Å². The van der Waals surface area contributed by atoms with Crippen molar-refractivity contribution >= 4 is 29.1 Å². The number of benzene rings is 2. The highest BCUT2D eigenvalue weighted by Crippen LogP contribution is 2.26. The highest BCUT2D eigenvalue weighted by molar-refractivity contribution is 7.98. The Morgan fingerprint density at radius 3 is 2.92 bits per heavy atom. The molecule has 2 aromatic carbocycles. The van der Waals surface area contributed by atoms with Crippen molar-refractivity contribution in [3.8, 4) is 5.75 Å². The molecule has 0 fully saturated rings. The van der Waals surface area contributed by atoms with Gasteiger partial charge in [0.05, 0.1) is 18.5 Å². The molecule has 1 N–H and O–H groups in total. The van der Waals surface area contributed by atoms with Crippen molar-refractivity contribution in [2.45, 2.75) is 17.4 Å². The number of nitrogens with one attached hydrogen (secondary N) is 1. The van der Waals surface area contributed by atoms with Gasteiger partial charge in [0.2, 0.25) is 6.10 Å². The summed E-state index contributed by atoms with van der Waals surface area (Å²) in [7, 11) is 1.62. The predicted molar refractivity (Wildman–Crippen MR) is 95.9 cm³/mol. The van der Waals surface area contributed by atoms with Crippen LogP contribution in [0.1, 0.15) is 12.0 Å². The normalized spacial score (nSPS) is 16.2. The first-order valence-electron chi connectivity index (χ1n) is 7.52. The zero-order valence-corrected chi connectivity index (χ0v) is 14.3. The Morgan fingerprint density at radius 2 is 2.12 bits per heavy atom. The second-order valence-electron chi connectivity index (χ2n) is 5.26. The lowest BCUT2D eigenvalue weighted by molar-refractivity contribution is -0.125. The quantitative estimate of drug-likeness (QED) is 0.844.